The number of alkyl halides is 1. The van der Waals surface area contributed by atoms with E-state index in [2.05, 4.69) is 32.0 Å². The van der Waals surface area contributed by atoms with Crippen molar-refractivity contribution in [3.63, 3.8) is 0 Å². The fourth-order valence-electron chi connectivity index (χ4n) is 2.81. The summed E-state index contributed by atoms with van der Waals surface area (Å²) in [6.45, 7) is 4.33. The lowest BCUT2D eigenvalue weighted by molar-refractivity contribution is 0.336. The Balaban J connectivity index is 1.98. The molecule has 1 unspecified atom stereocenters. The predicted molar refractivity (Wildman–Crippen MR) is 75.7 cm³/mol. The molecule has 0 N–H and O–H groups in total. The zero-order valence-corrected chi connectivity index (χ0v) is 11.8. The first-order valence-corrected chi connectivity index (χ1v) is 7.31. The van der Waals surface area contributed by atoms with Gasteiger partial charge in [0.25, 0.3) is 0 Å². The second-order valence-corrected chi connectivity index (χ2v) is 6.08. The standard InChI is InChI=1S/C16H23Cl/c1-12-8-9-15(10-13(12)2)16(17)11-14-6-4-3-5-7-14/h8-10,14,16H,3-7,11H2,1-2H3. The minimum Gasteiger partial charge on any atom is -0.118 e. The van der Waals surface area contributed by atoms with E-state index in [-0.39, 0.29) is 5.38 Å². The Bertz CT molecular complexity index is 364. The van der Waals surface area contributed by atoms with Gasteiger partial charge in [0.2, 0.25) is 0 Å². The van der Waals surface area contributed by atoms with Gasteiger partial charge in [-0.25, -0.2) is 0 Å². The van der Waals surface area contributed by atoms with Crippen LogP contribution in [0.4, 0.5) is 0 Å². The molecule has 0 nitrogen and oxygen atoms in total. The number of rotatable bonds is 3. The summed E-state index contributed by atoms with van der Waals surface area (Å²) in [4.78, 5) is 0. The maximum atomic E-state index is 6.56. The van der Waals surface area contributed by atoms with E-state index in [9.17, 15) is 0 Å². The lowest BCUT2D eigenvalue weighted by atomic mass is 9.85. The highest BCUT2D eigenvalue weighted by molar-refractivity contribution is 6.20. The molecule has 1 aliphatic rings. The van der Waals surface area contributed by atoms with Crippen LogP contribution in [0.15, 0.2) is 18.2 Å². The predicted octanol–water partition coefficient (Wildman–Crippen LogP) is 5.55. The van der Waals surface area contributed by atoms with Crippen molar-refractivity contribution in [1.29, 1.82) is 0 Å². The molecule has 0 amide bonds. The second-order valence-electron chi connectivity index (χ2n) is 5.55. The van der Waals surface area contributed by atoms with Gasteiger partial charge < -0.3 is 0 Å². The molecule has 1 aliphatic carbocycles. The number of halogens is 1. The minimum absolute atomic E-state index is 0.206. The zero-order chi connectivity index (χ0) is 12.3. The number of hydrogen-bond acceptors (Lipinski definition) is 0. The van der Waals surface area contributed by atoms with Crippen LogP contribution in [0.3, 0.4) is 0 Å². The van der Waals surface area contributed by atoms with Crippen molar-refractivity contribution in [3.8, 4) is 0 Å². The smallest absolute Gasteiger partial charge is 0.0588 e. The molecular formula is C16H23Cl. The van der Waals surface area contributed by atoms with Gasteiger partial charge in [-0.05, 0) is 42.9 Å². The summed E-state index contributed by atoms with van der Waals surface area (Å²) in [5.41, 5.74) is 4.02. The Morgan fingerprint density at radius 3 is 2.47 bits per heavy atom. The first kappa shape index (κ1) is 13.0. The van der Waals surface area contributed by atoms with Crippen LogP contribution >= 0.6 is 11.6 Å². The molecule has 0 heterocycles. The summed E-state index contributed by atoms with van der Waals surface area (Å²) in [6.07, 6.45) is 8.15. The average molecular weight is 251 g/mol. The topological polar surface area (TPSA) is 0 Å². The summed E-state index contributed by atoms with van der Waals surface area (Å²) >= 11 is 6.56. The van der Waals surface area contributed by atoms with Gasteiger partial charge in [0.1, 0.15) is 0 Å². The molecule has 1 aromatic carbocycles. The second kappa shape index (κ2) is 5.91. The molecule has 1 aromatic rings. The number of hydrogen-bond donors (Lipinski definition) is 0. The van der Waals surface area contributed by atoms with E-state index in [1.165, 1.54) is 48.8 Å². The van der Waals surface area contributed by atoms with E-state index in [1.807, 2.05) is 0 Å². The van der Waals surface area contributed by atoms with Crippen molar-refractivity contribution in [2.75, 3.05) is 0 Å². The first-order chi connectivity index (χ1) is 8.16. The highest BCUT2D eigenvalue weighted by atomic mass is 35.5. The van der Waals surface area contributed by atoms with E-state index in [4.69, 9.17) is 11.6 Å². The molecule has 17 heavy (non-hydrogen) atoms. The Labute approximate surface area is 110 Å². The van der Waals surface area contributed by atoms with Crippen molar-refractivity contribution in [1.82, 2.24) is 0 Å². The van der Waals surface area contributed by atoms with Crippen molar-refractivity contribution in [2.24, 2.45) is 5.92 Å². The molecule has 0 spiro atoms. The maximum Gasteiger partial charge on any atom is 0.0588 e. The van der Waals surface area contributed by atoms with Gasteiger partial charge in [-0.2, -0.15) is 0 Å². The van der Waals surface area contributed by atoms with Crippen molar-refractivity contribution < 1.29 is 0 Å². The molecule has 1 atom stereocenters. The largest absolute Gasteiger partial charge is 0.118 e. The molecule has 0 bridgehead atoms. The van der Waals surface area contributed by atoms with Crippen LogP contribution in [0.1, 0.15) is 60.6 Å². The quantitative estimate of drug-likeness (QED) is 0.617. The molecule has 1 saturated carbocycles. The van der Waals surface area contributed by atoms with Gasteiger partial charge >= 0.3 is 0 Å². The van der Waals surface area contributed by atoms with Crippen molar-refractivity contribution >= 4 is 11.6 Å². The Hall–Kier alpha value is -0.490. The molecule has 0 radical (unpaired) electrons. The van der Waals surface area contributed by atoms with E-state index < -0.39 is 0 Å². The van der Waals surface area contributed by atoms with E-state index in [0.717, 1.165) is 12.3 Å². The van der Waals surface area contributed by atoms with Gasteiger partial charge in [-0.3, -0.25) is 0 Å². The third-order valence-electron chi connectivity index (χ3n) is 4.16. The van der Waals surface area contributed by atoms with Crippen molar-refractivity contribution in [3.05, 3.63) is 34.9 Å². The SMILES string of the molecule is Cc1ccc(C(Cl)CC2CCCCC2)cc1C. The van der Waals surface area contributed by atoms with E-state index in [0.29, 0.717) is 0 Å². The third-order valence-corrected chi connectivity index (χ3v) is 4.59. The Kier molecular flexibility index (Phi) is 4.50. The molecular weight excluding hydrogens is 228 g/mol. The summed E-state index contributed by atoms with van der Waals surface area (Å²) in [6, 6.07) is 6.65. The van der Waals surface area contributed by atoms with Crippen LogP contribution in [0, 0.1) is 19.8 Å². The lowest BCUT2D eigenvalue weighted by Gasteiger charge is -2.24. The third kappa shape index (κ3) is 3.48. The molecule has 0 aromatic heterocycles. The summed E-state index contributed by atoms with van der Waals surface area (Å²) in [5.74, 6) is 0.854. The molecule has 94 valence electrons. The van der Waals surface area contributed by atoms with Crippen LogP contribution in [0.2, 0.25) is 0 Å². The summed E-state index contributed by atoms with van der Waals surface area (Å²) in [7, 11) is 0. The van der Waals surface area contributed by atoms with Gasteiger partial charge in [0, 0.05) is 0 Å². The molecule has 0 saturated heterocycles. The first-order valence-electron chi connectivity index (χ1n) is 6.88. The zero-order valence-electron chi connectivity index (χ0n) is 11.0. The summed E-state index contributed by atoms with van der Waals surface area (Å²) < 4.78 is 0. The van der Waals surface area contributed by atoms with Gasteiger partial charge in [0.05, 0.1) is 5.38 Å². The maximum absolute atomic E-state index is 6.56. The Morgan fingerprint density at radius 1 is 1.12 bits per heavy atom. The highest BCUT2D eigenvalue weighted by Gasteiger charge is 2.18. The van der Waals surface area contributed by atoms with Gasteiger partial charge in [-0.1, -0.05) is 50.3 Å². The normalized spacial score (nSPS) is 19.2. The van der Waals surface area contributed by atoms with Crippen LogP contribution in [0.5, 0.6) is 0 Å². The number of benzene rings is 1. The molecule has 1 heteroatoms. The molecule has 0 aliphatic heterocycles. The van der Waals surface area contributed by atoms with Crippen LogP contribution in [-0.4, -0.2) is 0 Å². The van der Waals surface area contributed by atoms with Gasteiger partial charge in [0.15, 0.2) is 0 Å². The highest BCUT2D eigenvalue weighted by Crippen LogP contribution is 2.35. The Morgan fingerprint density at radius 2 is 1.82 bits per heavy atom. The minimum atomic E-state index is 0.206. The van der Waals surface area contributed by atoms with E-state index >= 15 is 0 Å². The summed E-state index contributed by atoms with van der Waals surface area (Å²) in [5, 5.41) is 0.206. The van der Waals surface area contributed by atoms with Crippen molar-refractivity contribution in [2.45, 2.75) is 57.7 Å². The average Bonchev–Trinajstić information content (AvgIpc) is 2.34. The molecule has 2 rings (SSSR count). The monoisotopic (exact) mass is 250 g/mol. The number of aryl methyl sites for hydroxylation is 2. The van der Waals surface area contributed by atoms with Crippen LogP contribution in [-0.2, 0) is 0 Å². The van der Waals surface area contributed by atoms with Crippen LogP contribution in [0.25, 0.3) is 0 Å². The van der Waals surface area contributed by atoms with Crippen LogP contribution < -0.4 is 0 Å². The molecule has 1 fully saturated rings. The van der Waals surface area contributed by atoms with Gasteiger partial charge in [-0.15, -0.1) is 11.6 Å². The van der Waals surface area contributed by atoms with E-state index in [1.54, 1.807) is 0 Å². The lowest BCUT2D eigenvalue weighted by Crippen LogP contribution is -2.09. The fraction of sp³-hybridized carbons (Fsp3) is 0.625. The fourth-order valence-corrected chi connectivity index (χ4v) is 3.20.